The Morgan fingerprint density at radius 3 is 2.89 bits per heavy atom. The van der Waals surface area contributed by atoms with E-state index in [2.05, 4.69) is 16.9 Å². The number of nitrogens with one attached hydrogen (secondary N) is 1. The molecular weight excluding hydrogens is 260 g/mol. The van der Waals surface area contributed by atoms with Crippen molar-refractivity contribution in [3.63, 3.8) is 0 Å². The van der Waals surface area contributed by atoms with Crippen LogP contribution in [0.15, 0.2) is 37.2 Å². The molecule has 0 unspecified atom stereocenters. The highest BCUT2D eigenvalue weighted by Crippen LogP contribution is 2.28. The van der Waals surface area contributed by atoms with E-state index in [9.17, 15) is 8.78 Å². The summed E-state index contributed by atoms with van der Waals surface area (Å²) >= 11 is 5.78. The third kappa shape index (κ3) is 2.51. The number of nitrogens with zero attached hydrogens (tertiary/aromatic N) is 2. The van der Waals surface area contributed by atoms with Crippen LogP contribution in [0.2, 0.25) is 5.02 Å². The third-order valence-corrected chi connectivity index (χ3v) is 2.58. The van der Waals surface area contributed by atoms with E-state index in [-0.39, 0.29) is 10.7 Å². The van der Waals surface area contributed by atoms with Crippen LogP contribution < -0.4 is 5.32 Å². The average Bonchev–Trinajstić information content (AvgIpc) is 2.71. The molecule has 1 aromatic heterocycles. The van der Waals surface area contributed by atoms with Crippen LogP contribution in [-0.2, 0) is 6.54 Å². The van der Waals surface area contributed by atoms with Crippen LogP contribution in [-0.4, -0.2) is 9.55 Å². The highest BCUT2D eigenvalue weighted by Gasteiger charge is 2.12. The summed E-state index contributed by atoms with van der Waals surface area (Å²) in [6.45, 7) is 4.12. The van der Waals surface area contributed by atoms with Crippen molar-refractivity contribution in [2.45, 2.75) is 6.54 Å². The van der Waals surface area contributed by atoms with E-state index in [1.165, 1.54) is 0 Å². The maximum atomic E-state index is 13.6. The summed E-state index contributed by atoms with van der Waals surface area (Å²) in [5.41, 5.74) is -0.00502. The van der Waals surface area contributed by atoms with Crippen molar-refractivity contribution in [1.29, 1.82) is 0 Å². The first-order valence-electron chi connectivity index (χ1n) is 5.15. The van der Waals surface area contributed by atoms with E-state index in [4.69, 9.17) is 11.6 Å². The number of anilines is 2. The zero-order valence-corrected chi connectivity index (χ0v) is 10.1. The molecule has 0 spiro atoms. The Morgan fingerprint density at radius 2 is 2.22 bits per heavy atom. The van der Waals surface area contributed by atoms with Crippen LogP contribution in [0.1, 0.15) is 0 Å². The molecule has 2 rings (SSSR count). The summed E-state index contributed by atoms with van der Waals surface area (Å²) < 4.78 is 28.2. The molecule has 94 valence electrons. The van der Waals surface area contributed by atoms with Gasteiger partial charge in [-0.2, -0.15) is 0 Å². The summed E-state index contributed by atoms with van der Waals surface area (Å²) in [6.07, 6.45) is 4.94. The normalized spacial score (nSPS) is 10.4. The minimum Gasteiger partial charge on any atom is -0.322 e. The first-order valence-corrected chi connectivity index (χ1v) is 5.53. The lowest BCUT2D eigenvalue weighted by Gasteiger charge is -2.10. The predicted octanol–water partition coefficient (Wildman–Crippen LogP) is 3.74. The Morgan fingerprint density at radius 1 is 1.44 bits per heavy atom. The van der Waals surface area contributed by atoms with Crippen LogP contribution in [0.5, 0.6) is 0 Å². The second-order valence-electron chi connectivity index (χ2n) is 3.56. The molecule has 3 nitrogen and oxygen atoms in total. The number of hydrogen-bond donors (Lipinski definition) is 1. The quantitative estimate of drug-likeness (QED) is 0.857. The molecule has 1 aromatic carbocycles. The highest BCUT2D eigenvalue weighted by atomic mass is 35.5. The smallest absolute Gasteiger partial charge is 0.207 e. The molecule has 0 fully saturated rings. The van der Waals surface area contributed by atoms with Crippen molar-refractivity contribution in [2.24, 2.45) is 0 Å². The van der Waals surface area contributed by atoms with E-state index in [0.717, 1.165) is 12.1 Å². The minimum absolute atomic E-state index is 0.00502. The van der Waals surface area contributed by atoms with E-state index >= 15 is 0 Å². The van der Waals surface area contributed by atoms with Gasteiger partial charge in [0.1, 0.15) is 5.82 Å². The largest absolute Gasteiger partial charge is 0.322 e. The Labute approximate surface area is 108 Å². The first kappa shape index (κ1) is 12.6. The number of allylic oxidation sites excluding steroid dienone is 1. The van der Waals surface area contributed by atoms with E-state index in [1.54, 1.807) is 23.0 Å². The van der Waals surface area contributed by atoms with Crippen molar-refractivity contribution in [1.82, 2.24) is 9.55 Å². The number of rotatable bonds is 4. The van der Waals surface area contributed by atoms with Gasteiger partial charge in [-0.15, -0.1) is 6.58 Å². The van der Waals surface area contributed by atoms with Crippen LogP contribution in [0.25, 0.3) is 0 Å². The molecule has 1 N–H and O–H groups in total. The Bertz CT molecular complexity index is 557. The SMILES string of the molecule is C=CCn1ccnc1Nc1c(F)cc(F)cc1Cl. The summed E-state index contributed by atoms with van der Waals surface area (Å²) in [5, 5.41) is 2.69. The molecule has 0 amide bonds. The summed E-state index contributed by atoms with van der Waals surface area (Å²) in [7, 11) is 0. The van der Waals surface area contributed by atoms with Gasteiger partial charge < -0.3 is 9.88 Å². The van der Waals surface area contributed by atoms with Crippen molar-refractivity contribution in [2.75, 3.05) is 5.32 Å². The molecule has 0 aliphatic carbocycles. The maximum Gasteiger partial charge on any atom is 0.207 e. The lowest BCUT2D eigenvalue weighted by atomic mass is 10.3. The summed E-state index contributed by atoms with van der Waals surface area (Å²) in [6, 6.07) is 1.79. The van der Waals surface area contributed by atoms with Gasteiger partial charge in [-0.05, 0) is 6.07 Å². The average molecular weight is 270 g/mol. The molecule has 0 aliphatic rings. The molecule has 0 radical (unpaired) electrons. The van der Waals surface area contributed by atoms with Crippen LogP contribution in [0.3, 0.4) is 0 Å². The number of benzene rings is 1. The first-order chi connectivity index (χ1) is 8.61. The Hall–Kier alpha value is -1.88. The highest BCUT2D eigenvalue weighted by molar-refractivity contribution is 6.33. The topological polar surface area (TPSA) is 29.9 Å². The lowest BCUT2D eigenvalue weighted by Crippen LogP contribution is -2.04. The van der Waals surface area contributed by atoms with Crippen LogP contribution >= 0.6 is 11.6 Å². The van der Waals surface area contributed by atoms with E-state index in [0.29, 0.717) is 12.5 Å². The van der Waals surface area contributed by atoms with Gasteiger partial charge >= 0.3 is 0 Å². The lowest BCUT2D eigenvalue weighted by molar-refractivity contribution is 0.586. The summed E-state index contributed by atoms with van der Waals surface area (Å²) in [5.74, 6) is -1.09. The number of hydrogen-bond acceptors (Lipinski definition) is 2. The van der Waals surface area contributed by atoms with Gasteiger partial charge in [-0.1, -0.05) is 17.7 Å². The fourth-order valence-electron chi connectivity index (χ4n) is 1.49. The molecule has 0 saturated carbocycles. The zero-order valence-electron chi connectivity index (χ0n) is 9.33. The van der Waals surface area contributed by atoms with Gasteiger partial charge in [0, 0.05) is 25.0 Å². The Balaban J connectivity index is 2.34. The second kappa shape index (κ2) is 5.18. The van der Waals surface area contributed by atoms with Gasteiger partial charge in [0.2, 0.25) is 5.95 Å². The molecule has 0 atom stereocenters. The molecule has 1 heterocycles. The van der Waals surface area contributed by atoms with Crippen LogP contribution in [0, 0.1) is 11.6 Å². The van der Waals surface area contributed by atoms with Crippen molar-refractivity contribution >= 4 is 23.2 Å². The molecular formula is C12H10ClF2N3. The second-order valence-corrected chi connectivity index (χ2v) is 3.97. The van der Waals surface area contributed by atoms with Crippen LogP contribution in [0.4, 0.5) is 20.4 Å². The molecule has 18 heavy (non-hydrogen) atoms. The standard InChI is InChI=1S/C12H10ClF2N3/c1-2-4-18-5-3-16-12(18)17-11-9(13)6-8(14)7-10(11)15/h2-3,5-7H,1,4H2,(H,16,17). The van der Waals surface area contributed by atoms with Crippen molar-refractivity contribution in [3.8, 4) is 0 Å². The van der Waals surface area contributed by atoms with Crippen molar-refractivity contribution in [3.05, 3.63) is 53.8 Å². The monoisotopic (exact) mass is 269 g/mol. The number of halogens is 3. The van der Waals surface area contributed by atoms with Gasteiger partial charge in [0.15, 0.2) is 5.82 Å². The third-order valence-electron chi connectivity index (χ3n) is 2.28. The number of imidazole rings is 1. The van der Waals surface area contributed by atoms with E-state index < -0.39 is 11.6 Å². The molecule has 2 aromatic rings. The number of aromatic nitrogens is 2. The fraction of sp³-hybridized carbons (Fsp3) is 0.0833. The summed E-state index contributed by atoms with van der Waals surface area (Å²) in [4.78, 5) is 4.02. The predicted molar refractivity (Wildman–Crippen MR) is 67.1 cm³/mol. The van der Waals surface area contributed by atoms with Gasteiger partial charge in [-0.25, -0.2) is 13.8 Å². The maximum absolute atomic E-state index is 13.6. The van der Waals surface area contributed by atoms with Gasteiger partial charge in [0.25, 0.3) is 0 Å². The molecule has 0 saturated heterocycles. The van der Waals surface area contributed by atoms with E-state index in [1.807, 2.05) is 0 Å². The van der Waals surface area contributed by atoms with Crippen molar-refractivity contribution < 1.29 is 8.78 Å². The molecule has 0 bridgehead atoms. The zero-order chi connectivity index (χ0) is 13.1. The fourth-order valence-corrected chi connectivity index (χ4v) is 1.73. The molecule has 0 aliphatic heterocycles. The van der Waals surface area contributed by atoms with Gasteiger partial charge in [-0.3, -0.25) is 0 Å². The molecule has 6 heteroatoms. The van der Waals surface area contributed by atoms with Gasteiger partial charge in [0.05, 0.1) is 10.7 Å². The minimum atomic E-state index is -0.770. The Kier molecular flexibility index (Phi) is 3.62.